The van der Waals surface area contributed by atoms with E-state index >= 15 is 0 Å². The van der Waals surface area contributed by atoms with E-state index in [1.54, 1.807) is 0 Å². The summed E-state index contributed by atoms with van der Waals surface area (Å²) in [6.45, 7) is 4.30. The number of amides is 1. The van der Waals surface area contributed by atoms with Crippen LogP contribution in [-0.2, 0) is 9.59 Å². The van der Waals surface area contributed by atoms with E-state index in [0.717, 1.165) is 19.3 Å². The lowest BCUT2D eigenvalue weighted by Gasteiger charge is -2.24. The van der Waals surface area contributed by atoms with Crippen LogP contribution in [0.25, 0.3) is 0 Å². The molecule has 0 aromatic carbocycles. The fourth-order valence-corrected chi connectivity index (χ4v) is 2.23. The number of carboxylic acids is 1. The monoisotopic (exact) mass is 253 g/mol. The lowest BCUT2D eigenvalue weighted by molar-refractivity contribution is -0.144. The van der Waals surface area contributed by atoms with Crippen molar-refractivity contribution in [2.75, 3.05) is 13.1 Å². The molecule has 0 heterocycles. The predicted octanol–water partition coefficient (Wildman–Crippen LogP) is 2.45. The molecule has 0 radical (unpaired) electrons. The van der Waals surface area contributed by atoms with Crippen LogP contribution in [0, 0.1) is 5.92 Å². The summed E-state index contributed by atoms with van der Waals surface area (Å²) in [5.41, 5.74) is 1.17. The van der Waals surface area contributed by atoms with Gasteiger partial charge >= 0.3 is 5.97 Å². The average molecular weight is 253 g/mol. The zero-order valence-electron chi connectivity index (χ0n) is 11.3. The van der Waals surface area contributed by atoms with Crippen molar-refractivity contribution < 1.29 is 14.7 Å². The second-order valence-corrected chi connectivity index (χ2v) is 5.35. The Morgan fingerprint density at radius 2 is 2.11 bits per heavy atom. The van der Waals surface area contributed by atoms with Crippen molar-refractivity contribution in [1.29, 1.82) is 0 Å². The predicted molar refractivity (Wildman–Crippen MR) is 70.2 cm³/mol. The number of hydrogen-bond donors (Lipinski definition) is 1. The van der Waals surface area contributed by atoms with Crippen LogP contribution in [0.4, 0.5) is 0 Å². The van der Waals surface area contributed by atoms with Crippen molar-refractivity contribution in [2.45, 2.75) is 46.0 Å². The van der Waals surface area contributed by atoms with E-state index in [0.29, 0.717) is 13.0 Å². The minimum atomic E-state index is -0.943. The highest BCUT2D eigenvalue weighted by atomic mass is 16.4. The Morgan fingerprint density at radius 3 is 2.61 bits per heavy atom. The SMILES string of the molecule is CC(C)CN(CC(=O)O)C(=O)CC1=CCCCC1. The largest absolute Gasteiger partial charge is 0.480 e. The van der Waals surface area contributed by atoms with Gasteiger partial charge < -0.3 is 10.0 Å². The van der Waals surface area contributed by atoms with Crippen molar-refractivity contribution >= 4 is 11.9 Å². The van der Waals surface area contributed by atoms with Crippen molar-refractivity contribution in [1.82, 2.24) is 4.90 Å². The molecule has 4 heteroatoms. The number of carbonyl (C=O) groups excluding carboxylic acids is 1. The normalized spacial score (nSPS) is 15.4. The Hall–Kier alpha value is -1.32. The van der Waals surface area contributed by atoms with Gasteiger partial charge in [0.15, 0.2) is 0 Å². The number of aliphatic carboxylic acids is 1. The fraction of sp³-hybridized carbons (Fsp3) is 0.714. The molecule has 1 aliphatic carbocycles. The van der Waals surface area contributed by atoms with Gasteiger partial charge in [-0.05, 0) is 31.6 Å². The molecule has 0 saturated carbocycles. The number of allylic oxidation sites excluding steroid dienone is 1. The quantitative estimate of drug-likeness (QED) is 0.740. The molecule has 0 bridgehead atoms. The first-order valence-corrected chi connectivity index (χ1v) is 6.66. The minimum Gasteiger partial charge on any atom is -0.480 e. The highest BCUT2D eigenvalue weighted by Crippen LogP contribution is 2.21. The third-order valence-corrected chi connectivity index (χ3v) is 3.03. The van der Waals surface area contributed by atoms with Crippen molar-refractivity contribution in [3.05, 3.63) is 11.6 Å². The number of carboxylic acid groups (broad SMARTS) is 1. The smallest absolute Gasteiger partial charge is 0.323 e. The molecule has 18 heavy (non-hydrogen) atoms. The first-order chi connectivity index (χ1) is 8.49. The molecule has 1 aliphatic rings. The second kappa shape index (κ2) is 7.19. The molecule has 0 saturated heterocycles. The summed E-state index contributed by atoms with van der Waals surface area (Å²) in [5, 5.41) is 8.84. The Kier molecular flexibility index (Phi) is 5.89. The molecule has 1 N–H and O–H groups in total. The van der Waals surface area contributed by atoms with Gasteiger partial charge in [0.2, 0.25) is 5.91 Å². The van der Waals surface area contributed by atoms with Crippen molar-refractivity contribution in [3.8, 4) is 0 Å². The van der Waals surface area contributed by atoms with E-state index in [1.165, 1.54) is 16.9 Å². The van der Waals surface area contributed by atoms with Crippen LogP contribution in [0.3, 0.4) is 0 Å². The molecule has 1 amide bonds. The minimum absolute atomic E-state index is 0.0562. The molecule has 1 rings (SSSR count). The number of carbonyl (C=O) groups is 2. The average Bonchev–Trinajstić information content (AvgIpc) is 2.28. The molecule has 0 spiro atoms. The summed E-state index contributed by atoms with van der Waals surface area (Å²) in [6, 6.07) is 0. The lowest BCUT2D eigenvalue weighted by atomic mass is 9.96. The van der Waals surface area contributed by atoms with Crippen LogP contribution in [0.15, 0.2) is 11.6 Å². The topological polar surface area (TPSA) is 57.6 Å². The van der Waals surface area contributed by atoms with Gasteiger partial charge in [-0.2, -0.15) is 0 Å². The summed E-state index contributed by atoms with van der Waals surface area (Å²) >= 11 is 0. The Bertz CT molecular complexity index is 334. The molecule has 0 aliphatic heterocycles. The van der Waals surface area contributed by atoms with E-state index in [2.05, 4.69) is 6.08 Å². The van der Waals surface area contributed by atoms with Crippen LogP contribution >= 0.6 is 0 Å². The maximum absolute atomic E-state index is 12.1. The zero-order chi connectivity index (χ0) is 13.5. The maximum Gasteiger partial charge on any atom is 0.323 e. The van der Waals surface area contributed by atoms with E-state index < -0.39 is 5.97 Å². The van der Waals surface area contributed by atoms with Gasteiger partial charge in [-0.25, -0.2) is 0 Å². The molecule has 4 nitrogen and oxygen atoms in total. The van der Waals surface area contributed by atoms with Crippen LogP contribution in [0.1, 0.15) is 46.0 Å². The lowest BCUT2D eigenvalue weighted by Crippen LogP contribution is -2.38. The molecule has 0 atom stereocenters. The zero-order valence-corrected chi connectivity index (χ0v) is 11.3. The summed E-state index contributed by atoms with van der Waals surface area (Å²) in [6.07, 6.45) is 6.89. The summed E-state index contributed by atoms with van der Waals surface area (Å²) in [7, 11) is 0. The highest BCUT2D eigenvalue weighted by molar-refractivity contribution is 5.83. The Balaban J connectivity index is 2.57. The molecule has 0 fully saturated rings. The molecule has 0 aromatic heterocycles. The molecular weight excluding hydrogens is 230 g/mol. The van der Waals surface area contributed by atoms with Crippen LogP contribution in [0.2, 0.25) is 0 Å². The van der Waals surface area contributed by atoms with Gasteiger partial charge in [0.05, 0.1) is 0 Å². The van der Waals surface area contributed by atoms with E-state index in [9.17, 15) is 9.59 Å². The van der Waals surface area contributed by atoms with Gasteiger partial charge in [-0.3, -0.25) is 9.59 Å². The molecule has 102 valence electrons. The number of hydrogen-bond acceptors (Lipinski definition) is 2. The van der Waals surface area contributed by atoms with Crippen LogP contribution in [0.5, 0.6) is 0 Å². The van der Waals surface area contributed by atoms with Gasteiger partial charge in [-0.15, -0.1) is 0 Å². The molecule has 0 aromatic rings. The molecular formula is C14H23NO3. The Labute approximate surface area is 109 Å². The van der Waals surface area contributed by atoms with Gasteiger partial charge in [0.25, 0.3) is 0 Å². The summed E-state index contributed by atoms with van der Waals surface area (Å²) in [4.78, 5) is 24.3. The van der Waals surface area contributed by atoms with E-state index in [1.807, 2.05) is 13.8 Å². The third-order valence-electron chi connectivity index (χ3n) is 3.03. The number of rotatable bonds is 6. The summed E-state index contributed by atoms with van der Waals surface area (Å²) < 4.78 is 0. The van der Waals surface area contributed by atoms with Gasteiger partial charge in [0.1, 0.15) is 6.54 Å². The Morgan fingerprint density at radius 1 is 1.39 bits per heavy atom. The van der Waals surface area contributed by atoms with E-state index in [-0.39, 0.29) is 18.4 Å². The van der Waals surface area contributed by atoms with E-state index in [4.69, 9.17) is 5.11 Å². The van der Waals surface area contributed by atoms with Crippen molar-refractivity contribution in [2.24, 2.45) is 5.92 Å². The van der Waals surface area contributed by atoms with Crippen molar-refractivity contribution in [3.63, 3.8) is 0 Å². The van der Waals surface area contributed by atoms with Crippen LogP contribution < -0.4 is 0 Å². The molecule has 0 unspecified atom stereocenters. The first-order valence-electron chi connectivity index (χ1n) is 6.66. The van der Waals surface area contributed by atoms with Crippen LogP contribution in [-0.4, -0.2) is 35.0 Å². The van der Waals surface area contributed by atoms with Gasteiger partial charge in [0, 0.05) is 13.0 Å². The third kappa shape index (κ3) is 5.34. The second-order valence-electron chi connectivity index (χ2n) is 5.35. The highest BCUT2D eigenvalue weighted by Gasteiger charge is 2.19. The standard InChI is InChI=1S/C14H23NO3/c1-11(2)9-15(10-14(17)18)13(16)8-12-6-4-3-5-7-12/h6,11H,3-5,7-10H2,1-2H3,(H,17,18). The fourth-order valence-electron chi connectivity index (χ4n) is 2.23. The van der Waals surface area contributed by atoms with Gasteiger partial charge in [-0.1, -0.05) is 25.5 Å². The first kappa shape index (κ1) is 14.7. The maximum atomic E-state index is 12.1. The number of nitrogens with zero attached hydrogens (tertiary/aromatic N) is 1. The summed E-state index contributed by atoms with van der Waals surface area (Å²) in [5.74, 6) is -0.713.